The highest BCUT2D eigenvalue weighted by atomic mass is 35.5. The van der Waals surface area contributed by atoms with Crippen LogP contribution in [-0.2, 0) is 21.0 Å². The zero-order valence-corrected chi connectivity index (χ0v) is 24.1. The number of alkyl halides is 1. The molecular weight excluding hydrogens is 552 g/mol. The Morgan fingerprint density at radius 2 is 2.00 bits per heavy atom. The highest BCUT2D eigenvalue weighted by Gasteiger charge is 2.79. The average molecular weight is 586 g/mol. The second-order valence-corrected chi connectivity index (χ2v) is 13.3. The molecule has 1 aromatic rings. The molecule has 0 bridgehead atoms. The van der Waals surface area contributed by atoms with E-state index in [1.165, 1.54) is 24.1 Å². The quantitative estimate of drug-likeness (QED) is 0.515. The Hall–Kier alpha value is -2.64. The number of carbonyl (C=O) groups is 2. The number of rotatable bonds is 4. The summed E-state index contributed by atoms with van der Waals surface area (Å²) in [7, 11) is 1.54. The average Bonchev–Trinajstić information content (AvgIpc) is 3.40. The summed E-state index contributed by atoms with van der Waals surface area (Å²) in [5.74, 6) is -3.00. The number of hydrogen-bond acceptors (Lipinski definition) is 6. The van der Waals surface area contributed by atoms with Crippen molar-refractivity contribution in [1.82, 2.24) is 9.96 Å². The van der Waals surface area contributed by atoms with Crippen LogP contribution in [0.1, 0.15) is 45.1 Å². The van der Waals surface area contributed by atoms with E-state index in [4.69, 9.17) is 16.4 Å². The number of nitrogens with zero attached hydrogens (tertiary/aromatic N) is 3. The number of hydrogen-bond donors (Lipinski definition) is 1. The molecule has 7 nitrogen and oxygen atoms in total. The van der Waals surface area contributed by atoms with E-state index in [0.717, 1.165) is 5.56 Å². The molecule has 4 aliphatic carbocycles. The number of carbonyl (C=O) groups excluding carboxylic acids is 2. The third-order valence-electron chi connectivity index (χ3n) is 11.0. The fourth-order valence-electron chi connectivity index (χ4n) is 9.01. The van der Waals surface area contributed by atoms with E-state index >= 15 is 8.78 Å². The van der Waals surface area contributed by atoms with Crippen LogP contribution in [0.3, 0.4) is 0 Å². The standard InChI is InChI=1S/C31H34ClF2N3O4/c1-28-9-8-21(38)13-24(28)25(33)14-23-22-12-19-17-37(16-18-4-6-20(32)7-5-18)41-31(19,27(40)36(3)11-10-35)29(22,2)15-26(39)30(23,28)34/h4-9,19,22-23,26,39H,11-17H2,1-3H3/t19-,22-,23-,26-,28-,29-,30-,31-/m0/s1. The summed E-state index contributed by atoms with van der Waals surface area (Å²) in [6.45, 7) is 4.01. The topological polar surface area (TPSA) is 93.9 Å². The van der Waals surface area contributed by atoms with Crippen molar-refractivity contribution in [2.75, 3.05) is 20.1 Å². The van der Waals surface area contributed by atoms with Gasteiger partial charge in [-0.1, -0.05) is 36.7 Å². The molecule has 8 atom stereocenters. The summed E-state index contributed by atoms with van der Waals surface area (Å²) in [6, 6.07) is 9.32. The van der Waals surface area contributed by atoms with Crippen molar-refractivity contribution in [3.8, 4) is 6.07 Å². The lowest BCUT2D eigenvalue weighted by Crippen LogP contribution is -2.70. The van der Waals surface area contributed by atoms with Gasteiger partial charge in [-0.05, 0) is 55.0 Å². The number of likely N-dealkylation sites (N-methyl/N-ethyl adjacent to an activating group) is 1. The zero-order valence-electron chi connectivity index (χ0n) is 23.4. The molecule has 1 saturated heterocycles. The molecule has 1 aliphatic heterocycles. The maximum absolute atomic E-state index is 17.6. The minimum Gasteiger partial charge on any atom is -0.390 e. The maximum Gasteiger partial charge on any atom is 0.258 e. The number of amides is 1. The van der Waals surface area contributed by atoms with Gasteiger partial charge in [-0.25, -0.2) is 8.78 Å². The van der Waals surface area contributed by atoms with E-state index in [1.54, 1.807) is 24.1 Å². The lowest BCUT2D eigenvalue weighted by molar-refractivity contribution is -0.270. The largest absolute Gasteiger partial charge is 0.390 e. The highest BCUT2D eigenvalue weighted by Crippen LogP contribution is 2.72. The van der Waals surface area contributed by atoms with Crippen LogP contribution >= 0.6 is 11.6 Å². The van der Waals surface area contributed by atoms with Gasteiger partial charge in [0.15, 0.2) is 17.1 Å². The van der Waals surface area contributed by atoms with E-state index in [1.807, 2.05) is 25.1 Å². The smallest absolute Gasteiger partial charge is 0.258 e. The van der Waals surface area contributed by atoms with Crippen molar-refractivity contribution in [2.45, 2.75) is 63.4 Å². The van der Waals surface area contributed by atoms with Crippen LogP contribution in [0, 0.1) is 39.9 Å². The van der Waals surface area contributed by atoms with E-state index in [-0.39, 0.29) is 43.1 Å². The molecule has 1 aromatic carbocycles. The molecule has 1 amide bonds. The Morgan fingerprint density at radius 3 is 2.68 bits per heavy atom. The first-order valence-corrected chi connectivity index (χ1v) is 14.5. The summed E-state index contributed by atoms with van der Waals surface area (Å²) in [6.07, 6.45) is 1.02. The number of aliphatic hydroxyl groups excluding tert-OH is 1. The van der Waals surface area contributed by atoms with Gasteiger partial charge in [0.1, 0.15) is 12.4 Å². The van der Waals surface area contributed by atoms with Crippen molar-refractivity contribution in [3.05, 3.63) is 58.4 Å². The van der Waals surface area contributed by atoms with Gasteiger partial charge in [0, 0.05) is 60.7 Å². The van der Waals surface area contributed by atoms with Gasteiger partial charge in [-0.15, -0.1) is 0 Å². The summed E-state index contributed by atoms with van der Waals surface area (Å²) >= 11 is 6.05. The molecule has 1 N–H and O–H groups in total. The van der Waals surface area contributed by atoms with Crippen LogP contribution in [0.25, 0.3) is 0 Å². The van der Waals surface area contributed by atoms with E-state index < -0.39 is 51.8 Å². The monoisotopic (exact) mass is 585 g/mol. The summed E-state index contributed by atoms with van der Waals surface area (Å²) in [5.41, 5.74) is -5.22. The molecule has 10 heteroatoms. The molecule has 218 valence electrons. The molecule has 1 heterocycles. The number of ketones is 1. The van der Waals surface area contributed by atoms with Gasteiger partial charge in [-0.3, -0.25) is 14.4 Å². The van der Waals surface area contributed by atoms with Crippen molar-refractivity contribution in [1.29, 1.82) is 5.26 Å². The van der Waals surface area contributed by atoms with E-state index in [0.29, 0.717) is 24.5 Å². The van der Waals surface area contributed by atoms with Gasteiger partial charge in [-0.2, -0.15) is 10.3 Å². The Bertz CT molecular complexity index is 1410. The Kier molecular flexibility index (Phi) is 6.55. The first-order chi connectivity index (χ1) is 19.3. The second kappa shape index (κ2) is 9.43. The molecule has 3 fully saturated rings. The molecule has 2 saturated carbocycles. The van der Waals surface area contributed by atoms with Crippen LogP contribution in [0.2, 0.25) is 5.02 Å². The molecule has 0 aromatic heterocycles. The lowest BCUT2D eigenvalue weighted by atomic mass is 9.45. The third-order valence-corrected chi connectivity index (χ3v) is 11.2. The van der Waals surface area contributed by atoms with Crippen molar-refractivity contribution in [3.63, 3.8) is 0 Å². The number of halogens is 3. The SMILES string of the molecule is CN(CC#N)C(=O)[C@@]12ON(Cc3ccc(Cl)cc3)C[C@@H]1C[C@H]1[C@@H]3CC(F)=C4CC(=O)C=C[C@]4(C)[C@@]3(F)[C@@H](O)C[C@@]12C. The molecule has 0 radical (unpaired) electrons. The molecule has 41 heavy (non-hydrogen) atoms. The van der Waals surface area contributed by atoms with Crippen LogP contribution in [-0.4, -0.2) is 64.3 Å². The second-order valence-electron chi connectivity index (χ2n) is 12.9. The minimum atomic E-state index is -2.23. The van der Waals surface area contributed by atoms with Crippen LogP contribution in [0.5, 0.6) is 0 Å². The predicted molar refractivity (Wildman–Crippen MR) is 146 cm³/mol. The van der Waals surface area contributed by atoms with Crippen LogP contribution in [0.15, 0.2) is 47.8 Å². The van der Waals surface area contributed by atoms with Gasteiger partial charge >= 0.3 is 0 Å². The minimum absolute atomic E-state index is 0.0889. The lowest BCUT2D eigenvalue weighted by Gasteiger charge is -2.62. The fourth-order valence-corrected chi connectivity index (χ4v) is 9.13. The van der Waals surface area contributed by atoms with Crippen molar-refractivity contribution >= 4 is 23.3 Å². The number of aliphatic hydroxyl groups is 1. The fraction of sp³-hybridized carbons (Fsp3) is 0.581. The molecule has 0 spiro atoms. The molecular formula is C31H34ClF2N3O4. The molecule has 6 rings (SSSR count). The van der Waals surface area contributed by atoms with Crippen LogP contribution < -0.4 is 0 Å². The molecule has 0 unspecified atom stereocenters. The van der Waals surface area contributed by atoms with Gasteiger partial charge < -0.3 is 10.0 Å². The normalized spacial score (nSPS) is 41.4. The van der Waals surface area contributed by atoms with Gasteiger partial charge in [0.05, 0.1) is 12.2 Å². The number of benzene rings is 1. The summed E-state index contributed by atoms with van der Waals surface area (Å²) in [5, 5.41) is 23.4. The first kappa shape index (κ1) is 28.5. The van der Waals surface area contributed by atoms with Gasteiger partial charge in [0.25, 0.3) is 5.91 Å². The van der Waals surface area contributed by atoms with Crippen molar-refractivity contribution < 1.29 is 28.3 Å². The Morgan fingerprint density at radius 1 is 1.29 bits per heavy atom. The predicted octanol–water partition coefficient (Wildman–Crippen LogP) is 4.70. The number of nitriles is 1. The first-order valence-electron chi connectivity index (χ1n) is 14.1. The van der Waals surface area contributed by atoms with E-state index in [2.05, 4.69) is 0 Å². The zero-order chi connectivity index (χ0) is 29.5. The highest BCUT2D eigenvalue weighted by molar-refractivity contribution is 6.30. The third kappa shape index (κ3) is 3.70. The summed E-state index contributed by atoms with van der Waals surface area (Å²) in [4.78, 5) is 34.4. The number of fused-ring (bicyclic) bond motifs is 7. The summed E-state index contributed by atoms with van der Waals surface area (Å²) < 4.78 is 33.4. The Labute approximate surface area is 243 Å². The van der Waals surface area contributed by atoms with Crippen LogP contribution in [0.4, 0.5) is 8.78 Å². The van der Waals surface area contributed by atoms with Gasteiger partial charge in [0.2, 0.25) is 0 Å². The number of allylic oxidation sites excluding steroid dienone is 4. The van der Waals surface area contributed by atoms with Crippen molar-refractivity contribution in [2.24, 2.45) is 28.6 Å². The van der Waals surface area contributed by atoms with E-state index in [9.17, 15) is 20.0 Å². The number of hydroxylamine groups is 2. The maximum atomic E-state index is 17.6. The molecule has 5 aliphatic rings. The Balaban J connectivity index is 1.43.